The van der Waals surface area contributed by atoms with Gasteiger partial charge in [-0.05, 0) is 48.4 Å². The highest BCUT2D eigenvalue weighted by Gasteiger charge is 2.23. The third-order valence-corrected chi connectivity index (χ3v) is 4.22. The molecule has 1 aliphatic rings. The third kappa shape index (κ3) is 2.41. The summed E-state index contributed by atoms with van der Waals surface area (Å²) >= 11 is 0. The molecule has 1 aliphatic carbocycles. The lowest BCUT2D eigenvalue weighted by Crippen LogP contribution is -2.21. The molecule has 22 heavy (non-hydrogen) atoms. The van der Waals surface area contributed by atoms with Crippen LogP contribution >= 0.6 is 0 Å². The zero-order valence-electron chi connectivity index (χ0n) is 12.4. The summed E-state index contributed by atoms with van der Waals surface area (Å²) < 4.78 is 5.52. The quantitative estimate of drug-likeness (QED) is 0.908. The van der Waals surface area contributed by atoms with Gasteiger partial charge in [0.25, 0.3) is 0 Å². The van der Waals surface area contributed by atoms with Gasteiger partial charge in [-0.25, -0.2) is 4.79 Å². The molecule has 1 heterocycles. The lowest BCUT2D eigenvalue weighted by molar-refractivity contribution is 0.0663. The number of fused-ring (bicyclic) bond motifs is 2. The first kappa shape index (κ1) is 14.8. The average Bonchev–Trinajstić information content (AvgIpc) is 2.47. The molecule has 116 valence electrons. The Labute approximate surface area is 127 Å². The summed E-state index contributed by atoms with van der Waals surface area (Å²) in [5, 5.41) is 19.4. The maximum absolute atomic E-state index is 12.2. The maximum Gasteiger partial charge on any atom is 0.371 e. The van der Waals surface area contributed by atoms with E-state index < -0.39 is 5.97 Å². The second-order valence-electron chi connectivity index (χ2n) is 5.80. The predicted molar refractivity (Wildman–Crippen MR) is 81.5 cm³/mol. The Bertz CT molecular complexity index is 803. The Morgan fingerprint density at radius 3 is 2.86 bits per heavy atom. The fourth-order valence-electron chi connectivity index (χ4n) is 3.24. The zero-order chi connectivity index (χ0) is 15.9. The second-order valence-corrected chi connectivity index (χ2v) is 5.80. The molecule has 0 saturated heterocycles. The number of aromatic carboxylic acids is 1. The average molecular weight is 302 g/mol. The first-order valence-electron chi connectivity index (χ1n) is 7.54. The summed E-state index contributed by atoms with van der Waals surface area (Å²) in [5.41, 5.74) is 3.04. The van der Waals surface area contributed by atoms with Crippen molar-refractivity contribution in [1.29, 1.82) is 0 Å². The number of aliphatic hydroxyl groups excluding tert-OH is 1. The Morgan fingerprint density at radius 2 is 2.18 bits per heavy atom. The summed E-state index contributed by atoms with van der Waals surface area (Å²) in [4.78, 5) is 23.4. The molecule has 0 spiro atoms. The number of carboxylic acids is 1. The molecule has 1 atom stereocenters. The summed E-state index contributed by atoms with van der Waals surface area (Å²) in [6, 6.07) is 2.77. The fraction of sp³-hybridized carbons (Fsp3) is 0.412. The van der Waals surface area contributed by atoms with Gasteiger partial charge >= 0.3 is 5.97 Å². The topological polar surface area (TPSA) is 87.7 Å². The summed E-state index contributed by atoms with van der Waals surface area (Å²) in [6.07, 6.45) is 3.14. The van der Waals surface area contributed by atoms with Crippen LogP contribution in [0.3, 0.4) is 0 Å². The molecule has 0 amide bonds. The van der Waals surface area contributed by atoms with Crippen molar-refractivity contribution in [2.24, 2.45) is 0 Å². The number of carbonyl (C=O) groups is 1. The van der Waals surface area contributed by atoms with E-state index >= 15 is 0 Å². The molecule has 5 nitrogen and oxygen atoms in total. The van der Waals surface area contributed by atoms with E-state index in [1.165, 1.54) is 0 Å². The minimum atomic E-state index is -1.24. The molecule has 0 aliphatic heterocycles. The molecule has 3 rings (SSSR count). The van der Waals surface area contributed by atoms with Crippen LogP contribution in [0.5, 0.6) is 0 Å². The van der Waals surface area contributed by atoms with E-state index in [0.717, 1.165) is 42.0 Å². The van der Waals surface area contributed by atoms with Gasteiger partial charge in [0.05, 0.1) is 11.5 Å². The number of hydrogen-bond acceptors (Lipinski definition) is 4. The van der Waals surface area contributed by atoms with E-state index in [9.17, 15) is 14.7 Å². The molecular weight excluding hydrogens is 284 g/mol. The smallest absolute Gasteiger partial charge is 0.371 e. The molecule has 2 aromatic rings. The Morgan fingerprint density at radius 1 is 1.41 bits per heavy atom. The van der Waals surface area contributed by atoms with Crippen LogP contribution in [0, 0.1) is 0 Å². The van der Waals surface area contributed by atoms with E-state index in [0.29, 0.717) is 23.8 Å². The van der Waals surface area contributed by atoms with Crippen LogP contribution in [0.4, 0.5) is 0 Å². The first-order chi connectivity index (χ1) is 10.5. The largest absolute Gasteiger partial charge is 0.475 e. The Balaban J connectivity index is 2.35. The van der Waals surface area contributed by atoms with Crippen molar-refractivity contribution in [3.8, 4) is 0 Å². The van der Waals surface area contributed by atoms with Crippen LogP contribution in [0.2, 0.25) is 0 Å². The number of aliphatic hydroxyl groups is 1. The molecule has 0 fully saturated rings. The van der Waals surface area contributed by atoms with E-state index in [2.05, 4.69) is 0 Å². The van der Waals surface area contributed by atoms with Gasteiger partial charge < -0.3 is 14.6 Å². The number of carboxylic acid groups (broad SMARTS) is 1. The van der Waals surface area contributed by atoms with Gasteiger partial charge in [0.1, 0.15) is 5.58 Å². The lowest BCUT2D eigenvalue weighted by Gasteiger charge is -2.24. The second kappa shape index (κ2) is 5.57. The molecular formula is C17H18O5. The molecule has 1 aromatic heterocycles. The van der Waals surface area contributed by atoms with Gasteiger partial charge in [0, 0.05) is 6.07 Å². The predicted octanol–water partition coefficient (Wildman–Crippen LogP) is 2.29. The molecule has 2 N–H and O–H groups in total. The number of aryl methyl sites for hydroxylation is 1. The molecule has 5 heteroatoms. The Hall–Kier alpha value is -2.14. The van der Waals surface area contributed by atoms with Crippen molar-refractivity contribution in [2.75, 3.05) is 0 Å². The van der Waals surface area contributed by atoms with Crippen molar-refractivity contribution in [3.63, 3.8) is 0 Å². The zero-order valence-corrected chi connectivity index (χ0v) is 12.4. The minimum Gasteiger partial charge on any atom is -0.475 e. The monoisotopic (exact) mass is 302 g/mol. The normalized spacial score (nSPS) is 17.5. The van der Waals surface area contributed by atoms with Crippen molar-refractivity contribution in [2.45, 2.75) is 45.1 Å². The summed E-state index contributed by atoms with van der Waals surface area (Å²) in [6.45, 7) is 2.03. The molecule has 1 aromatic carbocycles. The molecule has 0 radical (unpaired) electrons. The van der Waals surface area contributed by atoms with Gasteiger partial charge in [-0.3, -0.25) is 4.79 Å². The van der Waals surface area contributed by atoms with Crippen LogP contribution in [0.15, 0.2) is 21.3 Å². The summed E-state index contributed by atoms with van der Waals surface area (Å²) in [7, 11) is 0. The van der Waals surface area contributed by atoms with Crippen molar-refractivity contribution in [3.05, 3.63) is 44.8 Å². The minimum absolute atomic E-state index is 0.328. The highest BCUT2D eigenvalue weighted by atomic mass is 16.4. The molecule has 0 bridgehead atoms. The number of benzene rings is 1. The van der Waals surface area contributed by atoms with Gasteiger partial charge in [-0.1, -0.05) is 13.3 Å². The van der Waals surface area contributed by atoms with Crippen LogP contribution < -0.4 is 5.43 Å². The first-order valence-corrected chi connectivity index (χ1v) is 7.54. The summed E-state index contributed by atoms with van der Waals surface area (Å²) in [5.74, 6) is -1.57. The van der Waals surface area contributed by atoms with Gasteiger partial charge in [-0.15, -0.1) is 0 Å². The van der Waals surface area contributed by atoms with E-state index in [-0.39, 0.29) is 17.3 Å². The highest BCUT2D eigenvalue weighted by molar-refractivity contribution is 5.89. The van der Waals surface area contributed by atoms with E-state index in [1.54, 1.807) is 6.07 Å². The van der Waals surface area contributed by atoms with Crippen LogP contribution in [-0.4, -0.2) is 22.3 Å². The van der Waals surface area contributed by atoms with E-state index in [1.807, 2.05) is 6.92 Å². The van der Waals surface area contributed by atoms with Crippen molar-refractivity contribution < 1.29 is 19.4 Å². The molecule has 0 saturated carbocycles. The SMILES string of the molecule is CCCc1c2c(cc3c(=O)cc(C(=O)O)oc13)CC(O)CC2. The van der Waals surface area contributed by atoms with E-state index in [4.69, 9.17) is 9.52 Å². The Kier molecular flexibility index (Phi) is 3.74. The van der Waals surface area contributed by atoms with Crippen molar-refractivity contribution in [1.82, 2.24) is 0 Å². The lowest BCUT2D eigenvalue weighted by atomic mass is 9.84. The molecule has 1 unspecified atom stereocenters. The standard InChI is InChI=1S/C17H18O5/c1-2-3-12-11-5-4-10(18)6-9(11)7-13-14(19)8-15(17(20)21)22-16(12)13/h7-8,10,18H,2-6H2,1H3,(H,20,21). The number of hydrogen-bond donors (Lipinski definition) is 2. The van der Waals surface area contributed by atoms with Crippen LogP contribution in [-0.2, 0) is 19.3 Å². The third-order valence-electron chi connectivity index (χ3n) is 4.22. The van der Waals surface area contributed by atoms with Gasteiger partial charge in [0.2, 0.25) is 5.76 Å². The van der Waals surface area contributed by atoms with Crippen LogP contribution in [0.1, 0.15) is 47.0 Å². The van der Waals surface area contributed by atoms with Crippen LogP contribution in [0.25, 0.3) is 11.0 Å². The number of rotatable bonds is 3. The maximum atomic E-state index is 12.2. The fourth-order valence-corrected chi connectivity index (χ4v) is 3.24. The van der Waals surface area contributed by atoms with Gasteiger partial charge in [0.15, 0.2) is 5.43 Å². The van der Waals surface area contributed by atoms with Gasteiger partial charge in [-0.2, -0.15) is 0 Å². The highest BCUT2D eigenvalue weighted by Crippen LogP contribution is 2.31. The van der Waals surface area contributed by atoms with Crippen molar-refractivity contribution >= 4 is 16.9 Å².